The number of carbonyl (C=O) groups is 1. The first-order valence-corrected chi connectivity index (χ1v) is 7.04. The summed E-state index contributed by atoms with van der Waals surface area (Å²) in [5, 5.41) is 11.1. The lowest BCUT2D eigenvalue weighted by Gasteiger charge is -2.26. The average Bonchev–Trinajstić information content (AvgIpc) is 2.89. The molecule has 0 saturated heterocycles. The molecule has 100 valence electrons. The van der Waals surface area contributed by atoms with Gasteiger partial charge in [0.1, 0.15) is 0 Å². The van der Waals surface area contributed by atoms with Gasteiger partial charge in [-0.15, -0.1) is 11.3 Å². The maximum absolute atomic E-state index is 11.1. The van der Waals surface area contributed by atoms with Crippen LogP contribution in [0.25, 0.3) is 0 Å². The molecular weight excluding hydrogens is 258 g/mol. The van der Waals surface area contributed by atoms with Gasteiger partial charge in [-0.05, 0) is 24.1 Å². The summed E-state index contributed by atoms with van der Waals surface area (Å²) < 4.78 is 0. The molecule has 4 heteroatoms. The van der Waals surface area contributed by atoms with Gasteiger partial charge in [0, 0.05) is 17.5 Å². The van der Waals surface area contributed by atoms with E-state index in [1.54, 1.807) is 11.3 Å². The molecule has 0 radical (unpaired) electrons. The third kappa shape index (κ3) is 3.91. The maximum atomic E-state index is 11.1. The second-order valence-corrected chi connectivity index (χ2v) is 5.55. The molecule has 0 amide bonds. The Hall–Kier alpha value is -1.65. The summed E-state index contributed by atoms with van der Waals surface area (Å²) in [5.41, 5.74) is 1.05. The summed E-state index contributed by atoms with van der Waals surface area (Å²) in [6, 6.07) is 13.8. The fourth-order valence-corrected chi connectivity index (χ4v) is 2.89. The van der Waals surface area contributed by atoms with E-state index in [2.05, 4.69) is 11.0 Å². The minimum Gasteiger partial charge on any atom is -0.481 e. The van der Waals surface area contributed by atoms with E-state index < -0.39 is 5.97 Å². The highest BCUT2D eigenvalue weighted by molar-refractivity contribution is 7.09. The third-order valence-corrected chi connectivity index (χ3v) is 3.93. The van der Waals surface area contributed by atoms with Crippen LogP contribution in [0.1, 0.15) is 22.9 Å². The zero-order valence-corrected chi connectivity index (χ0v) is 11.6. The molecule has 0 spiro atoms. The number of thiophene rings is 1. The van der Waals surface area contributed by atoms with Crippen LogP contribution in [0.2, 0.25) is 0 Å². The highest BCUT2D eigenvalue weighted by Gasteiger charge is 2.20. The van der Waals surface area contributed by atoms with Gasteiger partial charge in [-0.2, -0.15) is 0 Å². The molecule has 0 bridgehead atoms. The molecule has 1 atom stereocenters. The molecule has 3 nitrogen and oxygen atoms in total. The van der Waals surface area contributed by atoms with E-state index in [1.165, 1.54) is 4.88 Å². The largest absolute Gasteiger partial charge is 0.481 e. The molecule has 0 saturated carbocycles. The SMILES string of the molecule is CN(Cc1cccs1)C(CC(=O)O)c1ccccc1. The number of carboxylic acids is 1. The van der Waals surface area contributed by atoms with Crippen LogP contribution in [0.4, 0.5) is 0 Å². The van der Waals surface area contributed by atoms with E-state index in [0.717, 1.165) is 12.1 Å². The van der Waals surface area contributed by atoms with Crippen molar-refractivity contribution in [3.05, 3.63) is 58.3 Å². The van der Waals surface area contributed by atoms with Crippen molar-refractivity contribution in [3.8, 4) is 0 Å². The number of rotatable bonds is 6. The van der Waals surface area contributed by atoms with E-state index in [-0.39, 0.29) is 12.5 Å². The summed E-state index contributed by atoms with van der Waals surface area (Å²) in [4.78, 5) is 14.4. The minimum atomic E-state index is -0.771. The smallest absolute Gasteiger partial charge is 0.305 e. The fraction of sp³-hybridized carbons (Fsp3) is 0.267. The van der Waals surface area contributed by atoms with Crippen molar-refractivity contribution >= 4 is 17.3 Å². The third-order valence-electron chi connectivity index (χ3n) is 3.07. The molecule has 0 aliphatic rings. The van der Waals surface area contributed by atoms with Gasteiger partial charge >= 0.3 is 5.97 Å². The van der Waals surface area contributed by atoms with Crippen LogP contribution in [0.3, 0.4) is 0 Å². The topological polar surface area (TPSA) is 40.5 Å². The second-order valence-electron chi connectivity index (χ2n) is 4.52. The molecule has 0 aliphatic carbocycles. The van der Waals surface area contributed by atoms with E-state index >= 15 is 0 Å². The molecule has 19 heavy (non-hydrogen) atoms. The molecular formula is C15H17NO2S. The second kappa shape index (κ2) is 6.50. The van der Waals surface area contributed by atoms with Crippen LogP contribution in [0.15, 0.2) is 47.8 Å². The summed E-state index contributed by atoms with van der Waals surface area (Å²) >= 11 is 1.69. The Balaban J connectivity index is 2.15. The van der Waals surface area contributed by atoms with E-state index in [9.17, 15) is 4.79 Å². The Labute approximate surface area is 117 Å². The highest BCUT2D eigenvalue weighted by atomic mass is 32.1. The van der Waals surface area contributed by atoms with Crippen molar-refractivity contribution in [3.63, 3.8) is 0 Å². The molecule has 1 N–H and O–H groups in total. The van der Waals surface area contributed by atoms with Crippen LogP contribution < -0.4 is 0 Å². The van der Waals surface area contributed by atoms with Crippen molar-refractivity contribution in [2.75, 3.05) is 7.05 Å². The van der Waals surface area contributed by atoms with Gasteiger partial charge in [0.25, 0.3) is 0 Å². The maximum Gasteiger partial charge on any atom is 0.305 e. The van der Waals surface area contributed by atoms with Gasteiger partial charge in [-0.3, -0.25) is 9.69 Å². The van der Waals surface area contributed by atoms with Crippen LogP contribution in [-0.2, 0) is 11.3 Å². The first-order chi connectivity index (χ1) is 9.16. The standard InChI is InChI=1S/C15H17NO2S/c1-16(11-13-8-5-9-19-13)14(10-15(17)18)12-6-3-2-4-7-12/h2-9,14H,10-11H2,1H3,(H,17,18). The number of aliphatic carboxylic acids is 1. The van der Waals surface area contributed by atoms with Crippen LogP contribution in [0.5, 0.6) is 0 Å². The van der Waals surface area contributed by atoms with Crippen molar-refractivity contribution < 1.29 is 9.90 Å². The van der Waals surface area contributed by atoms with Crippen molar-refractivity contribution in [1.82, 2.24) is 4.90 Å². The van der Waals surface area contributed by atoms with Gasteiger partial charge < -0.3 is 5.11 Å². The quantitative estimate of drug-likeness (QED) is 0.878. The normalized spacial score (nSPS) is 12.5. The van der Waals surface area contributed by atoms with Crippen LogP contribution >= 0.6 is 11.3 Å². The molecule has 1 aromatic carbocycles. The zero-order chi connectivity index (χ0) is 13.7. The number of hydrogen-bond donors (Lipinski definition) is 1. The molecule has 1 unspecified atom stereocenters. The molecule has 0 fully saturated rings. The predicted octanol–water partition coefficient (Wildman–Crippen LogP) is 3.40. The van der Waals surface area contributed by atoms with Gasteiger partial charge in [0.2, 0.25) is 0 Å². The highest BCUT2D eigenvalue weighted by Crippen LogP contribution is 2.25. The van der Waals surface area contributed by atoms with Crippen molar-refractivity contribution in [2.24, 2.45) is 0 Å². The molecule has 2 aromatic rings. The first kappa shape index (κ1) is 13.8. The van der Waals surface area contributed by atoms with E-state index in [1.807, 2.05) is 48.8 Å². The van der Waals surface area contributed by atoms with Crippen LogP contribution in [0, 0.1) is 0 Å². The summed E-state index contributed by atoms with van der Waals surface area (Å²) in [7, 11) is 1.97. The van der Waals surface area contributed by atoms with Crippen molar-refractivity contribution in [2.45, 2.75) is 19.0 Å². The Morgan fingerprint density at radius 3 is 2.58 bits per heavy atom. The Kier molecular flexibility index (Phi) is 4.71. The zero-order valence-electron chi connectivity index (χ0n) is 10.8. The number of nitrogens with zero attached hydrogens (tertiary/aromatic N) is 1. The summed E-state index contributed by atoms with van der Waals surface area (Å²) in [6.45, 7) is 0.768. The number of benzene rings is 1. The Morgan fingerprint density at radius 1 is 1.26 bits per heavy atom. The number of hydrogen-bond acceptors (Lipinski definition) is 3. The Morgan fingerprint density at radius 2 is 2.00 bits per heavy atom. The lowest BCUT2D eigenvalue weighted by Crippen LogP contribution is -2.26. The first-order valence-electron chi connectivity index (χ1n) is 6.16. The van der Waals surface area contributed by atoms with E-state index in [4.69, 9.17) is 5.11 Å². The van der Waals surface area contributed by atoms with Gasteiger partial charge in [0.05, 0.1) is 6.42 Å². The molecule has 2 rings (SSSR count). The van der Waals surface area contributed by atoms with Crippen molar-refractivity contribution in [1.29, 1.82) is 0 Å². The monoisotopic (exact) mass is 275 g/mol. The number of carboxylic acid groups (broad SMARTS) is 1. The molecule has 0 aliphatic heterocycles. The average molecular weight is 275 g/mol. The molecule has 1 heterocycles. The van der Waals surface area contributed by atoms with Gasteiger partial charge in [-0.1, -0.05) is 36.4 Å². The van der Waals surface area contributed by atoms with Gasteiger partial charge in [0.15, 0.2) is 0 Å². The van der Waals surface area contributed by atoms with Gasteiger partial charge in [-0.25, -0.2) is 0 Å². The van der Waals surface area contributed by atoms with Crippen LogP contribution in [-0.4, -0.2) is 23.0 Å². The summed E-state index contributed by atoms with van der Waals surface area (Å²) in [6.07, 6.45) is 0.117. The predicted molar refractivity (Wildman–Crippen MR) is 77.2 cm³/mol. The summed E-state index contributed by atoms with van der Waals surface area (Å²) in [5.74, 6) is -0.771. The fourth-order valence-electron chi connectivity index (χ4n) is 2.13. The Bertz CT molecular complexity index is 510. The minimum absolute atomic E-state index is 0.0965. The lowest BCUT2D eigenvalue weighted by atomic mass is 10.0. The lowest BCUT2D eigenvalue weighted by molar-refractivity contribution is -0.138. The molecule has 1 aromatic heterocycles. The van der Waals surface area contributed by atoms with E-state index in [0.29, 0.717) is 0 Å².